The molecule has 1 atom stereocenters. The topological polar surface area (TPSA) is 90.3 Å². The van der Waals surface area contributed by atoms with E-state index in [4.69, 9.17) is 16.3 Å². The van der Waals surface area contributed by atoms with Gasteiger partial charge in [0.15, 0.2) is 16.4 Å². The number of amides is 1. The third-order valence-corrected chi connectivity index (χ3v) is 7.40. The molecule has 2 aromatic carbocycles. The number of halogens is 1. The summed E-state index contributed by atoms with van der Waals surface area (Å²) in [6.45, 7) is 1.90. The predicted molar refractivity (Wildman–Crippen MR) is 125 cm³/mol. The van der Waals surface area contributed by atoms with E-state index < -0.39 is 9.84 Å². The summed E-state index contributed by atoms with van der Waals surface area (Å²) in [5.41, 5.74) is 2.63. The number of ether oxygens (including phenoxy) is 1. The molecule has 0 spiro atoms. The van der Waals surface area contributed by atoms with Gasteiger partial charge in [0.05, 0.1) is 23.2 Å². The number of hydrogen-bond donors (Lipinski definition) is 1. The molecule has 2 heterocycles. The molecule has 0 radical (unpaired) electrons. The minimum absolute atomic E-state index is 0.00210. The maximum atomic E-state index is 12.6. The Labute approximate surface area is 192 Å². The van der Waals surface area contributed by atoms with Crippen molar-refractivity contribution in [3.05, 3.63) is 65.2 Å². The van der Waals surface area contributed by atoms with Crippen molar-refractivity contribution < 1.29 is 17.9 Å². The van der Waals surface area contributed by atoms with Crippen LogP contribution in [0.3, 0.4) is 0 Å². The van der Waals surface area contributed by atoms with Crippen molar-refractivity contribution in [2.45, 2.75) is 25.8 Å². The van der Waals surface area contributed by atoms with Crippen molar-refractivity contribution in [3.63, 3.8) is 0 Å². The molecule has 7 nitrogen and oxygen atoms in total. The Morgan fingerprint density at radius 3 is 2.53 bits per heavy atom. The lowest BCUT2D eigenvalue weighted by atomic mass is 10.1. The summed E-state index contributed by atoms with van der Waals surface area (Å²) < 4.78 is 31.2. The quantitative estimate of drug-likeness (QED) is 0.556. The molecule has 1 amide bonds. The number of aromatic nitrogens is 2. The molecule has 1 N–H and O–H groups in total. The molecule has 0 aliphatic carbocycles. The lowest BCUT2D eigenvalue weighted by Crippen LogP contribution is -2.23. The molecular weight excluding hydrogens is 450 g/mol. The zero-order valence-corrected chi connectivity index (χ0v) is 19.2. The normalized spacial score (nSPS) is 17.2. The molecule has 4 rings (SSSR count). The van der Waals surface area contributed by atoms with Gasteiger partial charge >= 0.3 is 0 Å². The number of carbonyl (C=O) groups excluding carboxylic acids is 1. The lowest BCUT2D eigenvalue weighted by molar-refractivity contribution is -0.118. The number of sulfone groups is 1. The number of aryl methyl sites for hydroxylation is 1. The second-order valence-electron chi connectivity index (χ2n) is 7.76. The van der Waals surface area contributed by atoms with Gasteiger partial charge in [-0.3, -0.25) is 4.79 Å². The van der Waals surface area contributed by atoms with Gasteiger partial charge in [0.1, 0.15) is 11.6 Å². The monoisotopic (exact) mass is 473 g/mol. The summed E-state index contributed by atoms with van der Waals surface area (Å²) in [7, 11) is -3.12. The zero-order chi connectivity index (χ0) is 22.7. The van der Waals surface area contributed by atoms with Crippen molar-refractivity contribution >= 4 is 33.2 Å². The fourth-order valence-corrected chi connectivity index (χ4v) is 5.46. The van der Waals surface area contributed by atoms with E-state index in [1.165, 1.54) is 5.56 Å². The smallest absolute Gasteiger partial charge is 0.263 e. The Morgan fingerprint density at radius 1 is 1.19 bits per heavy atom. The van der Waals surface area contributed by atoms with Gasteiger partial charge in [-0.05, 0) is 42.7 Å². The summed E-state index contributed by atoms with van der Waals surface area (Å²) in [6, 6.07) is 16.2. The first-order valence-corrected chi connectivity index (χ1v) is 12.6. The highest BCUT2D eigenvalue weighted by Crippen LogP contribution is 2.30. The largest absolute Gasteiger partial charge is 0.484 e. The maximum absolute atomic E-state index is 12.6. The van der Waals surface area contributed by atoms with Crippen LogP contribution in [-0.4, -0.2) is 42.2 Å². The summed E-state index contributed by atoms with van der Waals surface area (Å²) in [4.78, 5) is 12.6. The third-order valence-electron chi connectivity index (χ3n) is 5.40. The van der Waals surface area contributed by atoms with Crippen molar-refractivity contribution in [2.24, 2.45) is 0 Å². The first-order valence-electron chi connectivity index (χ1n) is 10.4. The Balaban J connectivity index is 1.52. The highest BCUT2D eigenvalue weighted by molar-refractivity contribution is 7.91. The van der Waals surface area contributed by atoms with Crippen LogP contribution in [0.25, 0.3) is 11.3 Å². The van der Waals surface area contributed by atoms with E-state index in [1.807, 2.05) is 36.4 Å². The molecule has 9 heteroatoms. The van der Waals surface area contributed by atoms with Gasteiger partial charge < -0.3 is 10.1 Å². The Morgan fingerprint density at radius 2 is 1.91 bits per heavy atom. The Hall–Kier alpha value is -2.84. The van der Waals surface area contributed by atoms with Gasteiger partial charge in [-0.2, -0.15) is 5.10 Å². The van der Waals surface area contributed by atoms with Crippen molar-refractivity contribution in [2.75, 3.05) is 23.4 Å². The second kappa shape index (κ2) is 9.34. The van der Waals surface area contributed by atoms with E-state index in [2.05, 4.69) is 17.3 Å². The molecule has 0 bridgehead atoms. The summed E-state index contributed by atoms with van der Waals surface area (Å²) in [5, 5.41) is 8.03. The van der Waals surface area contributed by atoms with Crippen LogP contribution < -0.4 is 10.1 Å². The SMILES string of the molecule is CCc1ccc(OCC(=O)Nc2cc(-c3ccc(Cl)cc3)nn2[C@@H]2CCS(=O)(=O)C2)cc1. The minimum atomic E-state index is -3.12. The van der Waals surface area contributed by atoms with Gasteiger partial charge in [-0.25, -0.2) is 13.1 Å². The number of carbonyl (C=O) groups is 1. The fraction of sp³-hybridized carbons (Fsp3) is 0.304. The van der Waals surface area contributed by atoms with Crippen molar-refractivity contribution in [3.8, 4) is 17.0 Å². The van der Waals surface area contributed by atoms with Crippen molar-refractivity contribution in [1.82, 2.24) is 9.78 Å². The predicted octanol–water partition coefficient (Wildman–Crippen LogP) is 4.14. The van der Waals surface area contributed by atoms with Crippen LogP contribution in [0.4, 0.5) is 5.82 Å². The van der Waals surface area contributed by atoms with Crippen LogP contribution in [0.1, 0.15) is 24.9 Å². The third kappa shape index (κ3) is 5.31. The van der Waals surface area contributed by atoms with Crippen molar-refractivity contribution in [1.29, 1.82) is 0 Å². The highest BCUT2D eigenvalue weighted by Gasteiger charge is 2.31. The van der Waals surface area contributed by atoms with Crippen LogP contribution in [0.2, 0.25) is 5.02 Å². The number of benzene rings is 2. The Kier molecular flexibility index (Phi) is 6.53. The second-order valence-corrected chi connectivity index (χ2v) is 10.4. The number of rotatable bonds is 7. The number of hydrogen-bond acceptors (Lipinski definition) is 5. The number of nitrogens with zero attached hydrogens (tertiary/aromatic N) is 2. The molecule has 1 saturated heterocycles. The Bertz CT molecular complexity index is 1210. The van der Waals surface area contributed by atoms with Gasteiger partial charge in [0, 0.05) is 16.7 Å². The van der Waals surface area contributed by atoms with E-state index in [9.17, 15) is 13.2 Å². The zero-order valence-electron chi connectivity index (χ0n) is 17.6. The first kappa shape index (κ1) is 22.4. The molecule has 3 aromatic rings. The molecule has 1 aliphatic heterocycles. The van der Waals surface area contributed by atoms with Crippen LogP contribution in [0.5, 0.6) is 5.75 Å². The van der Waals surface area contributed by atoms with Gasteiger partial charge in [0.25, 0.3) is 5.91 Å². The summed E-state index contributed by atoms with van der Waals surface area (Å²) >= 11 is 5.98. The molecule has 32 heavy (non-hydrogen) atoms. The molecule has 1 aliphatic rings. The lowest BCUT2D eigenvalue weighted by Gasteiger charge is -2.14. The molecule has 0 unspecified atom stereocenters. The van der Waals surface area contributed by atoms with E-state index >= 15 is 0 Å². The average Bonchev–Trinajstić information content (AvgIpc) is 3.36. The van der Waals surface area contributed by atoms with E-state index in [1.54, 1.807) is 22.9 Å². The standard InChI is InChI=1S/C23H24ClN3O4S/c1-2-16-3-9-20(10-4-16)31-14-23(28)25-22-13-21(17-5-7-18(24)8-6-17)26-27(22)19-11-12-32(29,30)15-19/h3-10,13,19H,2,11-12,14-15H2,1H3,(H,25,28)/t19-/m1/s1. The van der Waals surface area contributed by atoms with E-state index in [0.717, 1.165) is 12.0 Å². The summed E-state index contributed by atoms with van der Waals surface area (Å²) in [5.74, 6) is 0.798. The minimum Gasteiger partial charge on any atom is -0.484 e. The van der Waals surface area contributed by atoms with Crippen LogP contribution >= 0.6 is 11.6 Å². The van der Waals surface area contributed by atoms with E-state index in [-0.39, 0.29) is 30.1 Å². The highest BCUT2D eigenvalue weighted by atomic mass is 35.5. The van der Waals surface area contributed by atoms with Gasteiger partial charge in [-0.1, -0.05) is 42.8 Å². The average molecular weight is 474 g/mol. The van der Waals surface area contributed by atoms with Crippen LogP contribution in [-0.2, 0) is 21.1 Å². The van der Waals surface area contributed by atoms with Gasteiger partial charge in [-0.15, -0.1) is 0 Å². The van der Waals surface area contributed by atoms with Gasteiger partial charge in [0.2, 0.25) is 0 Å². The fourth-order valence-electron chi connectivity index (χ4n) is 3.65. The molecule has 0 saturated carbocycles. The number of anilines is 1. The molecule has 1 fully saturated rings. The van der Waals surface area contributed by atoms with E-state index in [0.29, 0.717) is 28.7 Å². The van der Waals surface area contributed by atoms with Crippen LogP contribution in [0.15, 0.2) is 54.6 Å². The molecule has 168 valence electrons. The number of nitrogens with one attached hydrogen (secondary N) is 1. The van der Waals surface area contributed by atoms with Crippen LogP contribution in [0, 0.1) is 0 Å². The molecular formula is C23H24ClN3O4S. The maximum Gasteiger partial charge on any atom is 0.263 e. The molecule has 1 aromatic heterocycles. The first-order chi connectivity index (χ1) is 15.3. The summed E-state index contributed by atoms with van der Waals surface area (Å²) in [6.07, 6.45) is 1.38.